The van der Waals surface area contributed by atoms with Gasteiger partial charge in [0.15, 0.2) is 0 Å². The number of carbonyl (C=O) groups excluding carboxylic acids is 1. The third-order valence-corrected chi connectivity index (χ3v) is 10.6. The molecule has 1 aromatic rings. The fourth-order valence-corrected chi connectivity index (χ4v) is 9.18. The summed E-state index contributed by atoms with van der Waals surface area (Å²) in [4.78, 5) is 23.1. The van der Waals surface area contributed by atoms with Gasteiger partial charge in [-0.1, -0.05) is 13.8 Å². The second-order valence-electron chi connectivity index (χ2n) is 11.7. The lowest BCUT2D eigenvalue weighted by Gasteiger charge is -2.61. The van der Waals surface area contributed by atoms with Crippen LogP contribution in [0.1, 0.15) is 83.6 Å². The van der Waals surface area contributed by atoms with E-state index in [1.165, 1.54) is 37.7 Å². The summed E-state index contributed by atoms with van der Waals surface area (Å²) in [5.41, 5.74) is 1.40. The fourth-order valence-electron chi connectivity index (χ4n) is 9.18. The highest BCUT2D eigenvalue weighted by Gasteiger charge is 2.80. The highest BCUT2D eigenvalue weighted by atomic mass is 16.6. The Morgan fingerprint density at radius 2 is 1.90 bits per heavy atom. The summed E-state index contributed by atoms with van der Waals surface area (Å²) >= 11 is 0. The lowest BCUT2D eigenvalue weighted by molar-refractivity contribution is -0.133. The Bertz CT molecular complexity index is 952. The molecule has 1 spiro atoms. The van der Waals surface area contributed by atoms with Crippen LogP contribution in [0.2, 0.25) is 0 Å². The maximum absolute atomic E-state index is 11.6. The van der Waals surface area contributed by atoms with Crippen molar-refractivity contribution in [1.29, 1.82) is 0 Å². The highest BCUT2D eigenvalue weighted by molar-refractivity contribution is 5.73. The van der Waals surface area contributed by atoms with Crippen LogP contribution in [0.3, 0.4) is 0 Å². The number of nitrogens with one attached hydrogen (secondary N) is 1. The number of fused-ring (bicyclic) bond motifs is 3. The summed E-state index contributed by atoms with van der Waals surface area (Å²) in [7, 11) is 0. The van der Waals surface area contributed by atoms with Crippen molar-refractivity contribution in [3.8, 4) is 0 Å². The van der Waals surface area contributed by atoms with Gasteiger partial charge in [0.05, 0.1) is 12.4 Å². The van der Waals surface area contributed by atoms with Crippen molar-refractivity contribution in [3.05, 3.63) is 34.4 Å². The molecule has 5 fully saturated rings. The Morgan fingerprint density at radius 1 is 1.06 bits per heavy atom. The van der Waals surface area contributed by atoms with Crippen LogP contribution >= 0.6 is 0 Å². The van der Waals surface area contributed by atoms with Gasteiger partial charge in [0.25, 0.3) is 0 Å². The van der Waals surface area contributed by atoms with E-state index in [0.29, 0.717) is 35.3 Å². The van der Waals surface area contributed by atoms with E-state index >= 15 is 0 Å². The van der Waals surface area contributed by atoms with E-state index in [1.54, 1.807) is 19.3 Å². The first-order chi connectivity index (χ1) is 14.8. The molecular weight excluding hydrogens is 390 g/mol. The molecule has 9 atom stereocenters. The van der Waals surface area contributed by atoms with Crippen LogP contribution in [0, 0.1) is 28.6 Å². The first kappa shape index (κ1) is 20.0. The molecule has 4 saturated carbocycles. The predicted molar refractivity (Wildman–Crippen MR) is 117 cm³/mol. The average Bonchev–Trinajstić information content (AvgIpc) is 3.39. The lowest BCUT2D eigenvalue weighted by Crippen LogP contribution is -2.59. The van der Waals surface area contributed by atoms with Crippen LogP contribution in [0.4, 0.5) is 0 Å². The van der Waals surface area contributed by atoms with Crippen molar-refractivity contribution in [1.82, 2.24) is 5.32 Å². The van der Waals surface area contributed by atoms with Gasteiger partial charge in [0, 0.05) is 24.4 Å². The van der Waals surface area contributed by atoms with Crippen LogP contribution < -0.4 is 10.9 Å². The zero-order chi connectivity index (χ0) is 21.6. The van der Waals surface area contributed by atoms with Crippen molar-refractivity contribution in [2.75, 3.05) is 0 Å². The number of ether oxygens (including phenoxy) is 1. The molecule has 5 nitrogen and oxygen atoms in total. The molecule has 6 rings (SSSR count). The minimum absolute atomic E-state index is 0.0131. The zero-order valence-electron chi connectivity index (χ0n) is 19.0. The van der Waals surface area contributed by atoms with E-state index in [-0.39, 0.29) is 22.5 Å². The van der Waals surface area contributed by atoms with Crippen molar-refractivity contribution in [2.24, 2.45) is 28.6 Å². The SMILES string of the molecule is CC(=O)NC1CCC2(C)C(CCC3C2CCC2(C)C(c4ccc(=O)oc4)CC4OC432)C1. The molecule has 2 heterocycles. The average molecular weight is 426 g/mol. The minimum Gasteiger partial charge on any atom is -0.431 e. The first-order valence-electron chi connectivity index (χ1n) is 12.3. The lowest BCUT2D eigenvalue weighted by atomic mass is 9.44. The van der Waals surface area contributed by atoms with Gasteiger partial charge in [-0.05, 0) is 92.1 Å². The van der Waals surface area contributed by atoms with E-state index < -0.39 is 0 Å². The number of hydrogen-bond acceptors (Lipinski definition) is 4. The summed E-state index contributed by atoms with van der Waals surface area (Å²) < 4.78 is 11.9. The molecule has 5 aliphatic rings. The summed E-state index contributed by atoms with van der Waals surface area (Å²) in [6.45, 7) is 6.65. The normalized spacial score (nSPS) is 49.9. The number of amides is 1. The Morgan fingerprint density at radius 3 is 2.65 bits per heavy atom. The van der Waals surface area contributed by atoms with Crippen molar-refractivity contribution < 1.29 is 13.9 Å². The van der Waals surface area contributed by atoms with Gasteiger partial charge in [0.2, 0.25) is 5.91 Å². The molecule has 9 unspecified atom stereocenters. The number of hydrogen-bond donors (Lipinski definition) is 1. The Kier molecular flexibility index (Phi) is 4.17. The molecule has 4 aliphatic carbocycles. The minimum atomic E-state index is -0.271. The predicted octanol–water partition coefficient (Wildman–Crippen LogP) is 4.40. The Balaban J connectivity index is 1.28. The quantitative estimate of drug-likeness (QED) is 0.713. The standard InChI is InChI=1S/C26H35NO4/c1-15(28)27-18-8-10-24(2)17(12-18)5-6-20-19(24)9-11-25(3)21(13-22-26(20,25)31-22)16-4-7-23(29)30-14-16/h4,7,14,17-22H,5-6,8-13H2,1-3H3,(H,27,28). The molecule has 1 N–H and O–H groups in total. The topological polar surface area (TPSA) is 71.8 Å². The third kappa shape index (κ3) is 2.59. The summed E-state index contributed by atoms with van der Waals surface area (Å²) in [5.74, 6) is 2.58. The second-order valence-corrected chi connectivity index (χ2v) is 11.7. The van der Waals surface area contributed by atoms with Crippen LogP contribution in [0.15, 0.2) is 27.6 Å². The second kappa shape index (κ2) is 6.46. The maximum Gasteiger partial charge on any atom is 0.335 e. The van der Waals surface area contributed by atoms with Gasteiger partial charge in [-0.3, -0.25) is 4.79 Å². The fraction of sp³-hybridized carbons (Fsp3) is 0.769. The van der Waals surface area contributed by atoms with Gasteiger partial charge in [-0.15, -0.1) is 0 Å². The maximum atomic E-state index is 11.6. The van der Waals surface area contributed by atoms with E-state index in [0.717, 1.165) is 25.2 Å². The van der Waals surface area contributed by atoms with Crippen molar-refractivity contribution in [2.45, 2.75) is 95.8 Å². The van der Waals surface area contributed by atoms with Crippen molar-refractivity contribution in [3.63, 3.8) is 0 Å². The van der Waals surface area contributed by atoms with Gasteiger partial charge in [0.1, 0.15) is 5.60 Å². The summed E-state index contributed by atoms with van der Waals surface area (Å²) in [6, 6.07) is 3.91. The molecule has 0 aromatic carbocycles. The molecule has 1 aromatic heterocycles. The summed E-state index contributed by atoms with van der Waals surface area (Å²) in [5, 5.41) is 3.20. The zero-order valence-corrected chi connectivity index (χ0v) is 19.0. The molecular formula is C26H35NO4. The van der Waals surface area contributed by atoms with E-state index in [2.05, 4.69) is 19.2 Å². The third-order valence-electron chi connectivity index (χ3n) is 10.6. The Labute approximate surface area is 184 Å². The van der Waals surface area contributed by atoms with Crippen LogP contribution in [-0.2, 0) is 9.53 Å². The van der Waals surface area contributed by atoms with E-state index in [9.17, 15) is 9.59 Å². The van der Waals surface area contributed by atoms with Gasteiger partial charge in [-0.2, -0.15) is 0 Å². The van der Waals surface area contributed by atoms with E-state index in [1.807, 2.05) is 6.07 Å². The Hall–Kier alpha value is -1.62. The molecule has 0 bridgehead atoms. The molecule has 0 radical (unpaired) electrons. The molecule has 1 saturated heterocycles. The van der Waals surface area contributed by atoms with Crippen LogP contribution in [-0.4, -0.2) is 23.7 Å². The van der Waals surface area contributed by atoms with Crippen molar-refractivity contribution >= 4 is 5.91 Å². The molecule has 1 amide bonds. The van der Waals surface area contributed by atoms with E-state index in [4.69, 9.17) is 9.15 Å². The molecule has 5 heteroatoms. The highest BCUT2D eigenvalue weighted by Crippen LogP contribution is 2.77. The van der Waals surface area contributed by atoms with Crippen LogP contribution in [0.5, 0.6) is 0 Å². The largest absolute Gasteiger partial charge is 0.431 e. The van der Waals surface area contributed by atoms with Crippen LogP contribution in [0.25, 0.3) is 0 Å². The van der Waals surface area contributed by atoms with Gasteiger partial charge in [-0.25, -0.2) is 4.79 Å². The van der Waals surface area contributed by atoms with Gasteiger partial charge < -0.3 is 14.5 Å². The van der Waals surface area contributed by atoms with Gasteiger partial charge >= 0.3 is 5.63 Å². The molecule has 168 valence electrons. The smallest absolute Gasteiger partial charge is 0.335 e. The first-order valence-corrected chi connectivity index (χ1v) is 12.3. The number of rotatable bonds is 2. The number of carbonyl (C=O) groups is 1. The molecule has 1 aliphatic heterocycles. The monoisotopic (exact) mass is 425 g/mol. The summed E-state index contributed by atoms with van der Waals surface area (Å²) in [6.07, 6.45) is 11.5. The molecule has 31 heavy (non-hydrogen) atoms. The number of epoxide rings is 1.